The summed E-state index contributed by atoms with van der Waals surface area (Å²) in [6.45, 7) is 11.6. The Kier molecular flexibility index (Phi) is 8.90. The molecule has 0 spiro atoms. The standard InChI is InChI=1S/C22H38N4O2/c1-6-23-21(24-14-15-26-22(2,3)4)25-16-17-10-9-13-19(27-5)20(17)28-18-11-7-8-12-18/h9-10,13,18,26H,6-8,11-12,14-16H2,1-5H3,(H2,23,24,25). The molecule has 1 saturated carbocycles. The molecular formula is C22H38N4O2. The predicted molar refractivity (Wildman–Crippen MR) is 116 cm³/mol. The first-order valence-electron chi connectivity index (χ1n) is 10.5. The van der Waals surface area contributed by atoms with E-state index < -0.39 is 0 Å². The minimum atomic E-state index is 0.115. The molecule has 1 aromatic carbocycles. The van der Waals surface area contributed by atoms with Crippen LogP contribution in [0.25, 0.3) is 0 Å². The maximum absolute atomic E-state index is 6.31. The zero-order chi connectivity index (χ0) is 20.4. The average molecular weight is 391 g/mol. The van der Waals surface area contributed by atoms with Crippen molar-refractivity contribution in [3.63, 3.8) is 0 Å². The molecule has 6 heteroatoms. The number of para-hydroxylation sites is 1. The van der Waals surface area contributed by atoms with E-state index in [4.69, 9.17) is 14.5 Å². The van der Waals surface area contributed by atoms with Crippen LogP contribution in [0.1, 0.15) is 58.9 Å². The summed E-state index contributed by atoms with van der Waals surface area (Å²) < 4.78 is 11.9. The largest absolute Gasteiger partial charge is 0.493 e. The molecule has 0 saturated heterocycles. The molecule has 158 valence electrons. The minimum absolute atomic E-state index is 0.115. The highest BCUT2D eigenvalue weighted by atomic mass is 16.5. The van der Waals surface area contributed by atoms with Crippen LogP contribution >= 0.6 is 0 Å². The van der Waals surface area contributed by atoms with Crippen LogP contribution in [-0.4, -0.2) is 44.3 Å². The van der Waals surface area contributed by atoms with Gasteiger partial charge in [-0.25, -0.2) is 4.99 Å². The third-order valence-electron chi connectivity index (χ3n) is 4.69. The average Bonchev–Trinajstić information content (AvgIpc) is 3.16. The molecular weight excluding hydrogens is 352 g/mol. The number of hydrogen-bond acceptors (Lipinski definition) is 4. The molecule has 1 aliphatic carbocycles. The van der Waals surface area contributed by atoms with Gasteiger partial charge in [-0.15, -0.1) is 0 Å². The van der Waals surface area contributed by atoms with Crippen molar-refractivity contribution in [2.24, 2.45) is 4.99 Å². The van der Waals surface area contributed by atoms with Crippen LogP contribution in [0, 0.1) is 0 Å². The van der Waals surface area contributed by atoms with Gasteiger partial charge in [0.15, 0.2) is 17.5 Å². The van der Waals surface area contributed by atoms with Gasteiger partial charge < -0.3 is 25.4 Å². The van der Waals surface area contributed by atoms with E-state index in [-0.39, 0.29) is 11.6 Å². The van der Waals surface area contributed by atoms with Crippen LogP contribution in [0.3, 0.4) is 0 Å². The first kappa shape index (κ1) is 22.3. The highest BCUT2D eigenvalue weighted by Gasteiger charge is 2.20. The van der Waals surface area contributed by atoms with E-state index in [0.717, 1.165) is 55.5 Å². The number of hydrogen-bond donors (Lipinski definition) is 3. The highest BCUT2D eigenvalue weighted by Crippen LogP contribution is 2.35. The van der Waals surface area contributed by atoms with E-state index in [9.17, 15) is 0 Å². The summed E-state index contributed by atoms with van der Waals surface area (Å²) in [6.07, 6.45) is 5.00. The smallest absolute Gasteiger partial charge is 0.191 e. The summed E-state index contributed by atoms with van der Waals surface area (Å²) in [4.78, 5) is 4.76. The number of nitrogens with zero attached hydrogens (tertiary/aromatic N) is 1. The Bertz CT molecular complexity index is 619. The van der Waals surface area contributed by atoms with Gasteiger partial charge >= 0.3 is 0 Å². The SMILES string of the molecule is CCNC(=NCc1cccc(OC)c1OC1CCCC1)NCCNC(C)(C)C. The lowest BCUT2D eigenvalue weighted by atomic mass is 10.1. The maximum Gasteiger partial charge on any atom is 0.191 e. The molecule has 1 fully saturated rings. The second-order valence-corrected chi connectivity index (χ2v) is 8.27. The minimum Gasteiger partial charge on any atom is -0.493 e. The van der Waals surface area contributed by atoms with Crippen LogP contribution in [0.2, 0.25) is 0 Å². The summed E-state index contributed by atoms with van der Waals surface area (Å²) in [5.74, 6) is 2.44. The first-order chi connectivity index (χ1) is 13.4. The summed E-state index contributed by atoms with van der Waals surface area (Å²) in [5.41, 5.74) is 1.17. The van der Waals surface area contributed by atoms with Crippen LogP contribution < -0.4 is 25.4 Å². The number of guanidine groups is 1. The van der Waals surface area contributed by atoms with Crippen molar-refractivity contribution in [2.45, 2.75) is 71.6 Å². The Labute approximate surface area is 170 Å². The lowest BCUT2D eigenvalue weighted by molar-refractivity contribution is 0.198. The number of methoxy groups -OCH3 is 1. The Hall–Kier alpha value is -1.95. The van der Waals surface area contributed by atoms with E-state index in [1.54, 1.807) is 7.11 Å². The number of rotatable bonds is 9. The quantitative estimate of drug-likeness (QED) is 0.342. The molecule has 1 aliphatic rings. The Morgan fingerprint density at radius 2 is 1.89 bits per heavy atom. The fourth-order valence-corrected chi connectivity index (χ4v) is 3.28. The second kappa shape index (κ2) is 11.1. The van der Waals surface area contributed by atoms with Crippen molar-refractivity contribution in [3.05, 3.63) is 23.8 Å². The summed E-state index contributed by atoms with van der Waals surface area (Å²) >= 11 is 0. The van der Waals surface area contributed by atoms with Gasteiger partial charge in [0.1, 0.15) is 0 Å². The van der Waals surface area contributed by atoms with Gasteiger partial charge in [-0.2, -0.15) is 0 Å². The van der Waals surface area contributed by atoms with E-state index in [2.05, 4.69) is 49.7 Å². The van der Waals surface area contributed by atoms with Gasteiger partial charge in [0, 0.05) is 30.7 Å². The molecule has 28 heavy (non-hydrogen) atoms. The molecule has 6 nitrogen and oxygen atoms in total. The van der Waals surface area contributed by atoms with Crippen LogP contribution in [-0.2, 0) is 6.54 Å². The molecule has 2 rings (SSSR count). The molecule has 0 aromatic heterocycles. The van der Waals surface area contributed by atoms with Gasteiger partial charge in [0.05, 0.1) is 19.8 Å². The van der Waals surface area contributed by atoms with Crippen molar-refractivity contribution in [1.82, 2.24) is 16.0 Å². The zero-order valence-corrected chi connectivity index (χ0v) is 18.2. The van der Waals surface area contributed by atoms with Gasteiger partial charge in [0.25, 0.3) is 0 Å². The Morgan fingerprint density at radius 1 is 1.14 bits per heavy atom. The monoisotopic (exact) mass is 390 g/mol. The summed E-state index contributed by atoms with van der Waals surface area (Å²) in [5, 5.41) is 10.2. The first-order valence-corrected chi connectivity index (χ1v) is 10.5. The van der Waals surface area contributed by atoms with E-state index in [1.807, 2.05) is 12.1 Å². The summed E-state index contributed by atoms with van der Waals surface area (Å²) in [7, 11) is 1.69. The topological polar surface area (TPSA) is 66.9 Å². The lowest BCUT2D eigenvalue weighted by Crippen LogP contribution is -2.44. The van der Waals surface area contributed by atoms with E-state index in [0.29, 0.717) is 6.54 Å². The maximum atomic E-state index is 6.31. The molecule has 0 amide bonds. The van der Waals surface area contributed by atoms with Crippen molar-refractivity contribution in [3.8, 4) is 11.5 Å². The molecule has 0 unspecified atom stereocenters. The van der Waals surface area contributed by atoms with Crippen molar-refractivity contribution in [1.29, 1.82) is 0 Å². The number of ether oxygens (including phenoxy) is 2. The zero-order valence-electron chi connectivity index (χ0n) is 18.2. The van der Waals surface area contributed by atoms with Gasteiger partial charge in [-0.1, -0.05) is 12.1 Å². The van der Waals surface area contributed by atoms with E-state index >= 15 is 0 Å². The van der Waals surface area contributed by atoms with Gasteiger partial charge in [-0.05, 0) is 59.4 Å². The van der Waals surface area contributed by atoms with Crippen LogP contribution in [0.5, 0.6) is 11.5 Å². The molecule has 0 bridgehead atoms. The molecule has 0 aliphatic heterocycles. The fraction of sp³-hybridized carbons (Fsp3) is 0.682. The second-order valence-electron chi connectivity index (χ2n) is 8.27. The molecule has 0 heterocycles. The Morgan fingerprint density at radius 3 is 2.54 bits per heavy atom. The normalized spacial score (nSPS) is 15.5. The van der Waals surface area contributed by atoms with Crippen LogP contribution in [0.4, 0.5) is 0 Å². The Balaban J connectivity index is 2.03. The van der Waals surface area contributed by atoms with Gasteiger partial charge in [0.2, 0.25) is 0 Å². The third kappa shape index (κ3) is 7.58. The van der Waals surface area contributed by atoms with Crippen molar-refractivity contribution >= 4 is 5.96 Å². The molecule has 0 atom stereocenters. The third-order valence-corrected chi connectivity index (χ3v) is 4.69. The molecule has 3 N–H and O–H groups in total. The number of nitrogens with one attached hydrogen (secondary N) is 3. The summed E-state index contributed by atoms with van der Waals surface area (Å²) in [6, 6.07) is 6.03. The molecule has 1 aromatic rings. The molecule has 0 radical (unpaired) electrons. The van der Waals surface area contributed by atoms with Crippen molar-refractivity contribution < 1.29 is 9.47 Å². The predicted octanol–water partition coefficient (Wildman–Crippen LogP) is 3.46. The fourth-order valence-electron chi connectivity index (χ4n) is 3.28. The highest BCUT2D eigenvalue weighted by molar-refractivity contribution is 5.79. The lowest BCUT2D eigenvalue weighted by Gasteiger charge is -2.21. The van der Waals surface area contributed by atoms with E-state index in [1.165, 1.54) is 12.8 Å². The van der Waals surface area contributed by atoms with Gasteiger partial charge in [-0.3, -0.25) is 0 Å². The number of benzene rings is 1. The van der Waals surface area contributed by atoms with Crippen LogP contribution in [0.15, 0.2) is 23.2 Å². The van der Waals surface area contributed by atoms with Crippen molar-refractivity contribution in [2.75, 3.05) is 26.7 Å². The number of aliphatic imine (C=N–C) groups is 1.